The van der Waals surface area contributed by atoms with Crippen LogP contribution in [0.2, 0.25) is 0 Å². The summed E-state index contributed by atoms with van der Waals surface area (Å²) in [5.74, 6) is 0.818. The third-order valence-corrected chi connectivity index (χ3v) is 4.09. The number of pyridine rings is 1. The van der Waals surface area contributed by atoms with Crippen LogP contribution >= 0.6 is 0 Å². The molecule has 1 aromatic heterocycles. The normalized spacial score (nSPS) is 10.9. The maximum absolute atomic E-state index is 12.7. The van der Waals surface area contributed by atoms with Gasteiger partial charge in [0.25, 0.3) is 5.56 Å². The zero-order valence-corrected chi connectivity index (χ0v) is 15.1. The smallest absolute Gasteiger partial charge is 0.258 e. The van der Waals surface area contributed by atoms with Crippen LogP contribution in [0.1, 0.15) is 0 Å². The van der Waals surface area contributed by atoms with E-state index in [4.69, 9.17) is 9.47 Å². The number of benzene rings is 2. The number of allylic oxidation sites excluding steroid dienone is 1. The Morgan fingerprint density at radius 1 is 1.07 bits per heavy atom. The lowest BCUT2D eigenvalue weighted by molar-refractivity contribution is -0.111. The summed E-state index contributed by atoms with van der Waals surface area (Å²) in [6.45, 7) is 0.283. The minimum atomic E-state index is -0.249. The van der Waals surface area contributed by atoms with Gasteiger partial charge in [0, 0.05) is 24.5 Å². The second-order valence-corrected chi connectivity index (χ2v) is 5.83. The Morgan fingerprint density at radius 3 is 2.48 bits per heavy atom. The Morgan fingerprint density at radius 2 is 1.78 bits per heavy atom. The summed E-state index contributed by atoms with van der Waals surface area (Å²) in [4.78, 5) is 24.6. The molecular weight excluding hydrogens is 344 g/mol. The second-order valence-electron chi connectivity index (χ2n) is 5.83. The van der Waals surface area contributed by atoms with E-state index < -0.39 is 0 Å². The molecule has 0 saturated carbocycles. The number of carbonyl (C=O) groups is 1. The molecule has 0 radical (unpaired) electrons. The van der Waals surface area contributed by atoms with Gasteiger partial charge in [0.2, 0.25) is 5.91 Å². The SMILES string of the molecule is COc1cc2ccn(C/C=C/C(=O)Nc3ccccc3)c(=O)c2cc1OC. The molecule has 1 N–H and O–H groups in total. The van der Waals surface area contributed by atoms with Gasteiger partial charge in [0.1, 0.15) is 0 Å². The third kappa shape index (κ3) is 4.17. The number of nitrogens with one attached hydrogen (secondary N) is 1. The number of carbonyl (C=O) groups excluding carboxylic acids is 1. The van der Waals surface area contributed by atoms with Crippen LogP contribution in [-0.4, -0.2) is 24.7 Å². The number of fused-ring (bicyclic) bond motifs is 1. The first-order valence-electron chi connectivity index (χ1n) is 8.40. The van der Waals surface area contributed by atoms with Gasteiger partial charge < -0.3 is 19.4 Å². The molecule has 0 aliphatic heterocycles. The molecule has 1 amide bonds. The number of rotatable bonds is 6. The first-order valence-corrected chi connectivity index (χ1v) is 8.40. The minimum Gasteiger partial charge on any atom is -0.493 e. The monoisotopic (exact) mass is 364 g/mol. The predicted molar refractivity (Wildman–Crippen MR) is 106 cm³/mol. The van der Waals surface area contributed by atoms with Crippen molar-refractivity contribution in [3.63, 3.8) is 0 Å². The molecule has 27 heavy (non-hydrogen) atoms. The van der Waals surface area contributed by atoms with Gasteiger partial charge >= 0.3 is 0 Å². The molecule has 0 unspecified atom stereocenters. The maximum Gasteiger partial charge on any atom is 0.258 e. The fraction of sp³-hybridized carbons (Fsp3) is 0.143. The van der Waals surface area contributed by atoms with Crippen molar-refractivity contribution in [3.8, 4) is 11.5 Å². The molecule has 0 saturated heterocycles. The van der Waals surface area contributed by atoms with Crippen LogP contribution in [0.15, 0.2) is 71.7 Å². The first-order chi connectivity index (χ1) is 13.1. The van der Waals surface area contributed by atoms with Crippen molar-refractivity contribution in [2.75, 3.05) is 19.5 Å². The molecule has 2 aromatic carbocycles. The molecule has 0 spiro atoms. The predicted octanol–water partition coefficient (Wildman–Crippen LogP) is 3.21. The van der Waals surface area contributed by atoms with Crippen LogP contribution in [0.4, 0.5) is 5.69 Å². The number of hydrogen-bond donors (Lipinski definition) is 1. The highest BCUT2D eigenvalue weighted by molar-refractivity contribution is 5.99. The van der Waals surface area contributed by atoms with E-state index in [1.807, 2.05) is 24.3 Å². The highest BCUT2D eigenvalue weighted by Crippen LogP contribution is 2.30. The second kappa shape index (κ2) is 8.23. The zero-order valence-electron chi connectivity index (χ0n) is 15.1. The van der Waals surface area contributed by atoms with E-state index >= 15 is 0 Å². The van der Waals surface area contributed by atoms with Gasteiger partial charge in [0.05, 0.1) is 19.6 Å². The number of ether oxygens (including phenoxy) is 2. The summed E-state index contributed by atoms with van der Waals surface area (Å²) in [7, 11) is 3.08. The van der Waals surface area contributed by atoms with Crippen LogP contribution in [0.25, 0.3) is 10.8 Å². The number of anilines is 1. The number of aromatic nitrogens is 1. The van der Waals surface area contributed by atoms with Crippen molar-refractivity contribution >= 4 is 22.4 Å². The molecule has 3 rings (SSSR count). The number of methoxy groups -OCH3 is 2. The van der Waals surface area contributed by atoms with Gasteiger partial charge in [-0.15, -0.1) is 0 Å². The molecule has 6 heteroatoms. The summed E-state index contributed by atoms with van der Waals surface area (Å²) < 4.78 is 12.1. The van der Waals surface area contributed by atoms with Gasteiger partial charge in [-0.25, -0.2) is 0 Å². The molecule has 0 atom stereocenters. The lowest BCUT2D eigenvalue weighted by atomic mass is 10.1. The lowest BCUT2D eigenvalue weighted by Gasteiger charge is -2.10. The van der Waals surface area contributed by atoms with E-state index in [1.54, 1.807) is 43.6 Å². The van der Waals surface area contributed by atoms with Crippen LogP contribution in [-0.2, 0) is 11.3 Å². The maximum atomic E-state index is 12.7. The van der Waals surface area contributed by atoms with Gasteiger partial charge in [-0.3, -0.25) is 9.59 Å². The number of amides is 1. The standard InChI is InChI=1S/C21H20N2O4/c1-26-18-13-15-10-12-23(21(25)17(15)14-19(18)27-2)11-6-9-20(24)22-16-7-4-3-5-8-16/h3-10,12-14H,11H2,1-2H3,(H,22,24)/b9-6+. The average Bonchev–Trinajstić information content (AvgIpc) is 2.69. The van der Waals surface area contributed by atoms with Gasteiger partial charge in [0.15, 0.2) is 11.5 Å². The van der Waals surface area contributed by atoms with Gasteiger partial charge in [-0.05, 0) is 35.7 Å². The molecule has 138 valence electrons. The molecule has 3 aromatic rings. The highest BCUT2D eigenvalue weighted by Gasteiger charge is 2.09. The summed E-state index contributed by atoms with van der Waals surface area (Å²) in [6, 6.07) is 14.4. The topological polar surface area (TPSA) is 69.6 Å². The van der Waals surface area contributed by atoms with Crippen molar-refractivity contribution in [3.05, 3.63) is 77.2 Å². The molecule has 1 heterocycles. The van der Waals surface area contributed by atoms with Crippen LogP contribution in [0, 0.1) is 0 Å². The molecule has 6 nitrogen and oxygen atoms in total. The Bertz CT molecular complexity index is 1040. The Hall–Kier alpha value is -3.54. The molecule has 0 fully saturated rings. The van der Waals surface area contributed by atoms with Crippen molar-refractivity contribution in [1.29, 1.82) is 0 Å². The summed E-state index contributed by atoms with van der Waals surface area (Å²) in [5, 5.41) is 4.05. The van der Waals surface area contributed by atoms with Gasteiger partial charge in [-0.2, -0.15) is 0 Å². The van der Waals surface area contributed by atoms with E-state index in [-0.39, 0.29) is 18.0 Å². The summed E-state index contributed by atoms with van der Waals surface area (Å²) in [5.41, 5.74) is 0.553. The third-order valence-electron chi connectivity index (χ3n) is 4.09. The molecule has 0 aliphatic carbocycles. The number of hydrogen-bond acceptors (Lipinski definition) is 4. The van der Waals surface area contributed by atoms with Crippen molar-refractivity contribution in [1.82, 2.24) is 4.57 Å². The zero-order chi connectivity index (χ0) is 19.2. The highest BCUT2D eigenvalue weighted by atomic mass is 16.5. The van der Waals surface area contributed by atoms with Crippen molar-refractivity contribution in [2.24, 2.45) is 0 Å². The average molecular weight is 364 g/mol. The van der Waals surface area contributed by atoms with Crippen LogP contribution in [0.5, 0.6) is 11.5 Å². The van der Waals surface area contributed by atoms with Crippen molar-refractivity contribution < 1.29 is 14.3 Å². The van der Waals surface area contributed by atoms with Crippen molar-refractivity contribution in [2.45, 2.75) is 6.54 Å². The Labute approximate surface area is 156 Å². The molecule has 0 aliphatic rings. The largest absolute Gasteiger partial charge is 0.493 e. The summed E-state index contributed by atoms with van der Waals surface area (Å²) >= 11 is 0. The fourth-order valence-electron chi connectivity index (χ4n) is 2.73. The Balaban J connectivity index is 1.78. The molecular formula is C21H20N2O4. The minimum absolute atomic E-state index is 0.165. The van der Waals surface area contributed by atoms with E-state index in [0.717, 1.165) is 11.1 Å². The molecule has 0 bridgehead atoms. The van der Waals surface area contributed by atoms with E-state index in [0.29, 0.717) is 16.9 Å². The van der Waals surface area contributed by atoms with Crippen LogP contribution < -0.4 is 20.3 Å². The summed E-state index contributed by atoms with van der Waals surface area (Å²) in [6.07, 6.45) is 4.75. The quantitative estimate of drug-likeness (QED) is 0.682. The lowest BCUT2D eigenvalue weighted by Crippen LogP contribution is -2.19. The van der Waals surface area contributed by atoms with Crippen LogP contribution in [0.3, 0.4) is 0 Å². The number of para-hydroxylation sites is 1. The fourth-order valence-corrected chi connectivity index (χ4v) is 2.73. The van der Waals surface area contributed by atoms with E-state index in [2.05, 4.69) is 5.32 Å². The first kappa shape index (κ1) is 18.3. The Kier molecular flexibility index (Phi) is 5.56. The van der Waals surface area contributed by atoms with E-state index in [1.165, 1.54) is 17.8 Å². The van der Waals surface area contributed by atoms with E-state index in [9.17, 15) is 9.59 Å². The van der Waals surface area contributed by atoms with Gasteiger partial charge in [-0.1, -0.05) is 24.3 Å². The number of nitrogens with zero attached hydrogens (tertiary/aromatic N) is 1.